The number of allylic oxidation sites excluding steroid dienone is 3. The first-order valence-corrected chi connectivity index (χ1v) is 5.62. The van der Waals surface area contributed by atoms with Gasteiger partial charge in [0.25, 0.3) is 0 Å². The Kier molecular flexibility index (Phi) is 3.15. The summed E-state index contributed by atoms with van der Waals surface area (Å²) < 4.78 is 38.0. The number of alkyl halides is 3. The van der Waals surface area contributed by atoms with E-state index in [-0.39, 0.29) is 6.04 Å². The van der Waals surface area contributed by atoms with Gasteiger partial charge in [0, 0.05) is 5.70 Å². The van der Waals surface area contributed by atoms with E-state index in [1.807, 2.05) is 6.92 Å². The molecule has 0 aromatic rings. The maximum absolute atomic E-state index is 12.7. The molecule has 18 heavy (non-hydrogen) atoms. The van der Waals surface area contributed by atoms with Crippen LogP contribution in [0.25, 0.3) is 0 Å². The molecule has 0 radical (unpaired) electrons. The molecule has 2 nitrogen and oxygen atoms in total. The lowest BCUT2D eigenvalue weighted by molar-refractivity contribution is -0.0882. The Balaban J connectivity index is 2.30. The highest BCUT2D eigenvalue weighted by atomic mass is 19.4. The quantitative estimate of drug-likeness (QED) is 0.803. The zero-order chi connectivity index (χ0) is 13.3. The van der Waals surface area contributed by atoms with Crippen LogP contribution in [0.5, 0.6) is 0 Å². The fraction of sp³-hybridized carbons (Fsp3) is 0.308. The Morgan fingerprint density at radius 1 is 1.50 bits per heavy atom. The number of nitrogens with zero attached hydrogens (tertiary/aromatic N) is 1. The largest absolute Gasteiger partial charge is 0.416 e. The third-order valence-electron chi connectivity index (χ3n) is 2.76. The van der Waals surface area contributed by atoms with Crippen molar-refractivity contribution in [1.82, 2.24) is 5.32 Å². The lowest BCUT2D eigenvalue weighted by Gasteiger charge is -2.19. The van der Waals surface area contributed by atoms with Crippen LogP contribution in [0.1, 0.15) is 13.3 Å². The zero-order valence-electron chi connectivity index (χ0n) is 9.88. The summed E-state index contributed by atoms with van der Waals surface area (Å²) in [6, 6.07) is -0.365. The number of fused-ring (bicyclic) bond motifs is 1. The maximum Gasteiger partial charge on any atom is 0.416 e. The minimum atomic E-state index is -4.35. The van der Waals surface area contributed by atoms with Crippen molar-refractivity contribution >= 4 is 5.84 Å². The van der Waals surface area contributed by atoms with Gasteiger partial charge in [-0.15, -0.1) is 0 Å². The van der Waals surface area contributed by atoms with Crippen molar-refractivity contribution in [2.75, 3.05) is 0 Å². The van der Waals surface area contributed by atoms with E-state index in [1.54, 1.807) is 6.08 Å². The molecular formula is C13H13F3N2. The van der Waals surface area contributed by atoms with E-state index in [9.17, 15) is 13.2 Å². The molecule has 2 aliphatic rings. The van der Waals surface area contributed by atoms with Crippen LogP contribution in [-0.2, 0) is 0 Å². The Hall–Kier alpha value is -1.78. The summed E-state index contributed by atoms with van der Waals surface area (Å²) in [4.78, 5) is 4.29. The molecule has 0 aromatic carbocycles. The number of aliphatic imine (C=N–C) groups is 1. The highest BCUT2D eigenvalue weighted by Crippen LogP contribution is 2.30. The third-order valence-corrected chi connectivity index (χ3v) is 2.76. The molecule has 1 unspecified atom stereocenters. The van der Waals surface area contributed by atoms with E-state index in [4.69, 9.17) is 0 Å². The van der Waals surface area contributed by atoms with Crippen LogP contribution in [0.3, 0.4) is 0 Å². The Morgan fingerprint density at radius 3 is 2.83 bits per heavy atom. The van der Waals surface area contributed by atoms with Crippen molar-refractivity contribution in [2.24, 2.45) is 4.99 Å². The molecule has 1 aliphatic heterocycles. The summed E-state index contributed by atoms with van der Waals surface area (Å²) in [5, 5.41) is 2.87. The van der Waals surface area contributed by atoms with E-state index < -0.39 is 11.7 Å². The molecular weight excluding hydrogens is 241 g/mol. The molecule has 0 spiro atoms. The molecule has 0 saturated heterocycles. The van der Waals surface area contributed by atoms with Gasteiger partial charge < -0.3 is 5.32 Å². The van der Waals surface area contributed by atoms with Crippen molar-refractivity contribution in [3.05, 3.63) is 47.7 Å². The summed E-state index contributed by atoms with van der Waals surface area (Å²) >= 11 is 0. The van der Waals surface area contributed by atoms with Crippen LogP contribution in [0.2, 0.25) is 0 Å². The molecule has 0 fully saturated rings. The van der Waals surface area contributed by atoms with Crippen molar-refractivity contribution in [1.29, 1.82) is 0 Å². The van der Waals surface area contributed by atoms with Crippen molar-refractivity contribution in [2.45, 2.75) is 25.6 Å². The zero-order valence-corrected chi connectivity index (χ0v) is 9.88. The number of hydrogen-bond acceptors (Lipinski definition) is 2. The molecule has 2 bridgehead atoms. The molecule has 0 amide bonds. The second-order valence-electron chi connectivity index (χ2n) is 4.13. The first-order chi connectivity index (χ1) is 8.40. The van der Waals surface area contributed by atoms with E-state index >= 15 is 0 Å². The Labute approximate surface area is 103 Å². The fourth-order valence-electron chi connectivity index (χ4n) is 1.71. The Bertz CT molecular complexity index is 493. The number of rotatable bonds is 2. The van der Waals surface area contributed by atoms with Crippen molar-refractivity contribution in [3.63, 3.8) is 0 Å². The van der Waals surface area contributed by atoms with E-state index in [1.165, 1.54) is 6.08 Å². The van der Waals surface area contributed by atoms with Gasteiger partial charge in [-0.2, -0.15) is 13.2 Å². The summed E-state index contributed by atoms with van der Waals surface area (Å²) in [6.45, 7) is 5.76. The van der Waals surface area contributed by atoms with E-state index in [2.05, 4.69) is 16.9 Å². The van der Waals surface area contributed by atoms with Gasteiger partial charge in [0.1, 0.15) is 5.84 Å². The number of nitrogens with one attached hydrogen (secondary N) is 1. The predicted molar refractivity (Wildman–Crippen MR) is 65.2 cm³/mol. The molecule has 96 valence electrons. The molecule has 1 heterocycles. The lowest BCUT2D eigenvalue weighted by Crippen LogP contribution is -2.29. The maximum atomic E-state index is 12.7. The number of amidine groups is 1. The minimum absolute atomic E-state index is 0.365. The molecule has 5 heteroatoms. The number of hydrogen-bond donors (Lipinski definition) is 1. The molecule has 1 atom stereocenters. The van der Waals surface area contributed by atoms with Crippen LogP contribution in [0, 0.1) is 0 Å². The first kappa shape index (κ1) is 12.7. The molecule has 0 aromatic heterocycles. The highest BCUT2D eigenvalue weighted by molar-refractivity contribution is 6.00. The SMILES string of the molecule is C=C(CC)C1=NC2C=CC(C(F)(F)F)=CC(=C2)N1. The van der Waals surface area contributed by atoms with Gasteiger partial charge in [0.05, 0.1) is 11.6 Å². The Morgan fingerprint density at radius 2 is 2.22 bits per heavy atom. The fourth-order valence-corrected chi connectivity index (χ4v) is 1.71. The van der Waals surface area contributed by atoms with Crippen LogP contribution in [0.15, 0.2) is 52.7 Å². The average molecular weight is 254 g/mol. The highest BCUT2D eigenvalue weighted by Gasteiger charge is 2.33. The monoisotopic (exact) mass is 254 g/mol. The van der Waals surface area contributed by atoms with E-state index in [0.29, 0.717) is 18.0 Å². The smallest absolute Gasteiger partial charge is 0.340 e. The van der Waals surface area contributed by atoms with Crippen LogP contribution < -0.4 is 5.32 Å². The van der Waals surface area contributed by atoms with Gasteiger partial charge in [0.15, 0.2) is 0 Å². The molecule has 0 saturated carbocycles. The van der Waals surface area contributed by atoms with Crippen LogP contribution in [-0.4, -0.2) is 18.1 Å². The van der Waals surface area contributed by atoms with Gasteiger partial charge in [0.2, 0.25) is 0 Å². The minimum Gasteiger partial charge on any atom is -0.340 e. The number of halogens is 3. The topological polar surface area (TPSA) is 24.4 Å². The van der Waals surface area contributed by atoms with Gasteiger partial charge in [-0.3, -0.25) is 4.99 Å². The summed E-state index contributed by atoms with van der Waals surface area (Å²) in [5.41, 5.74) is 0.516. The summed E-state index contributed by atoms with van der Waals surface area (Å²) in [7, 11) is 0. The molecule has 1 aliphatic carbocycles. The average Bonchev–Trinajstić information content (AvgIpc) is 2.45. The standard InChI is InChI=1S/C13H13F3N2/c1-3-8(2)12-17-10-5-4-9(13(14,15)16)6-11(7-10)18-12/h4-7,10H,2-3H2,1H3,(H,17,18). The lowest BCUT2D eigenvalue weighted by atomic mass is 10.1. The second-order valence-corrected chi connectivity index (χ2v) is 4.13. The van der Waals surface area contributed by atoms with Crippen molar-refractivity contribution in [3.8, 4) is 0 Å². The van der Waals surface area contributed by atoms with Gasteiger partial charge in [-0.1, -0.05) is 25.7 Å². The van der Waals surface area contributed by atoms with E-state index in [0.717, 1.165) is 17.7 Å². The first-order valence-electron chi connectivity index (χ1n) is 5.62. The van der Waals surface area contributed by atoms with Gasteiger partial charge >= 0.3 is 6.18 Å². The summed E-state index contributed by atoms with van der Waals surface area (Å²) in [6.07, 6.45) is 1.60. The molecule has 2 rings (SSSR count). The second kappa shape index (κ2) is 4.48. The van der Waals surface area contributed by atoms with Gasteiger partial charge in [-0.25, -0.2) is 0 Å². The van der Waals surface area contributed by atoms with Crippen LogP contribution in [0.4, 0.5) is 13.2 Å². The van der Waals surface area contributed by atoms with Gasteiger partial charge in [-0.05, 0) is 24.1 Å². The molecule has 1 N–H and O–H groups in total. The van der Waals surface area contributed by atoms with Crippen molar-refractivity contribution < 1.29 is 13.2 Å². The normalized spacial score (nSPS) is 22.4. The van der Waals surface area contributed by atoms with Crippen LogP contribution >= 0.6 is 0 Å². The summed E-state index contributed by atoms with van der Waals surface area (Å²) in [5.74, 6) is 0.560. The predicted octanol–water partition coefficient (Wildman–Crippen LogP) is 3.27. The third kappa shape index (κ3) is 2.55.